The van der Waals surface area contributed by atoms with Crippen molar-refractivity contribution in [3.05, 3.63) is 23.2 Å². The maximum absolute atomic E-state index is 12.1. The summed E-state index contributed by atoms with van der Waals surface area (Å²) < 4.78 is 5.54. The van der Waals surface area contributed by atoms with Gasteiger partial charge >= 0.3 is 0 Å². The second-order valence-corrected chi connectivity index (χ2v) is 5.84. The van der Waals surface area contributed by atoms with E-state index < -0.39 is 5.54 Å². The first kappa shape index (κ1) is 20.0. The number of ether oxygens (including phenoxy) is 1. The second-order valence-electron chi connectivity index (χ2n) is 5.43. The zero-order chi connectivity index (χ0) is 15.3. The molecule has 1 amide bonds. The van der Waals surface area contributed by atoms with Gasteiger partial charge in [-0.25, -0.2) is 0 Å². The number of rotatable bonds is 6. The van der Waals surface area contributed by atoms with Crippen molar-refractivity contribution in [3.8, 4) is 5.75 Å². The Morgan fingerprint density at radius 1 is 1.48 bits per heavy atom. The fourth-order valence-corrected chi connectivity index (χ4v) is 2.06. The van der Waals surface area contributed by atoms with Gasteiger partial charge in [-0.3, -0.25) is 4.79 Å². The Kier molecular flexibility index (Phi) is 8.08. The molecular formula is C15H24Cl2N2O2. The third-order valence-corrected chi connectivity index (χ3v) is 3.14. The van der Waals surface area contributed by atoms with E-state index in [4.69, 9.17) is 22.1 Å². The molecule has 1 rings (SSSR count). The molecule has 0 aliphatic heterocycles. The second kappa shape index (κ2) is 8.47. The van der Waals surface area contributed by atoms with E-state index in [1.54, 1.807) is 25.1 Å². The minimum atomic E-state index is -0.881. The SMILES string of the molecule is CCCC(C)(N)C(=O)Nc1ccc(OC(C)C)c(Cl)c1.Cl. The molecule has 0 saturated heterocycles. The molecule has 0 bridgehead atoms. The molecule has 0 aliphatic rings. The van der Waals surface area contributed by atoms with E-state index in [0.717, 1.165) is 6.42 Å². The summed E-state index contributed by atoms with van der Waals surface area (Å²) in [5.41, 5.74) is 5.72. The molecule has 1 aromatic rings. The van der Waals surface area contributed by atoms with Crippen molar-refractivity contribution in [2.75, 3.05) is 5.32 Å². The summed E-state index contributed by atoms with van der Waals surface area (Å²) in [6.07, 6.45) is 1.52. The predicted octanol–water partition coefficient (Wildman–Crippen LogP) is 4.01. The summed E-state index contributed by atoms with van der Waals surface area (Å²) in [5, 5.41) is 3.25. The monoisotopic (exact) mass is 334 g/mol. The number of hydrogen-bond donors (Lipinski definition) is 2. The molecule has 0 aromatic heterocycles. The molecular weight excluding hydrogens is 311 g/mol. The number of anilines is 1. The fraction of sp³-hybridized carbons (Fsp3) is 0.533. The highest BCUT2D eigenvalue weighted by Gasteiger charge is 2.27. The lowest BCUT2D eigenvalue weighted by molar-refractivity contribution is -0.120. The van der Waals surface area contributed by atoms with Crippen molar-refractivity contribution < 1.29 is 9.53 Å². The smallest absolute Gasteiger partial charge is 0.244 e. The lowest BCUT2D eigenvalue weighted by Crippen LogP contribution is -2.48. The zero-order valence-electron chi connectivity index (χ0n) is 12.9. The Hall–Kier alpha value is -0.970. The number of amides is 1. The molecule has 3 N–H and O–H groups in total. The van der Waals surface area contributed by atoms with Gasteiger partial charge in [-0.15, -0.1) is 12.4 Å². The normalized spacial score (nSPS) is 13.3. The van der Waals surface area contributed by atoms with Crippen LogP contribution in [0.25, 0.3) is 0 Å². The van der Waals surface area contributed by atoms with E-state index in [9.17, 15) is 4.79 Å². The molecule has 0 heterocycles. The molecule has 1 aromatic carbocycles. The van der Waals surface area contributed by atoms with Gasteiger partial charge in [0.05, 0.1) is 16.7 Å². The van der Waals surface area contributed by atoms with Gasteiger partial charge in [0, 0.05) is 5.69 Å². The van der Waals surface area contributed by atoms with Crippen molar-refractivity contribution in [2.45, 2.75) is 52.2 Å². The minimum Gasteiger partial charge on any atom is -0.489 e. The first-order valence-corrected chi connectivity index (χ1v) is 7.20. The van der Waals surface area contributed by atoms with Gasteiger partial charge < -0.3 is 15.8 Å². The summed E-state index contributed by atoms with van der Waals surface area (Å²) in [7, 11) is 0. The van der Waals surface area contributed by atoms with Crippen molar-refractivity contribution in [3.63, 3.8) is 0 Å². The topological polar surface area (TPSA) is 64.4 Å². The van der Waals surface area contributed by atoms with Crippen LogP contribution < -0.4 is 15.8 Å². The Bertz CT molecular complexity index is 477. The number of nitrogens with two attached hydrogens (primary N) is 1. The summed E-state index contributed by atoms with van der Waals surface area (Å²) >= 11 is 6.12. The molecule has 1 unspecified atom stereocenters. The van der Waals surface area contributed by atoms with Crippen molar-refractivity contribution in [1.82, 2.24) is 0 Å². The third kappa shape index (κ3) is 6.12. The third-order valence-electron chi connectivity index (χ3n) is 2.84. The van der Waals surface area contributed by atoms with E-state index in [1.165, 1.54) is 0 Å². The van der Waals surface area contributed by atoms with Crippen LogP contribution in [0.4, 0.5) is 5.69 Å². The lowest BCUT2D eigenvalue weighted by atomic mass is 9.96. The molecule has 0 radical (unpaired) electrons. The van der Waals surface area contributed by atoms with Crippen LogP contribution in [-0.2, 0) is 4.79 Å². The largest absolute Gasteiger partial charge is 0.489 e. The van der Waals surface area contributed by atoms with Crippen molar-refractivity contribution in [2.24, 2.45) is 5.73 Å². The van der Waals surface area contributed by atoms with E-state index in [1.807, 2.05) is 20.8 Å². The van der Waals surface area contributed by atoms with Crippen LogP contribution in [0, 0.1) is 0 Å². The molecule has 1 atom stereocenters. The Morgan fingerprint density at radius 3 is 2.57 bits per heavy atom. The standard InChI is InChI=1S/C15H23ClN2O2.ClH/c1-5-8-15(4,17)14(19)18-11-6-7-13(12(16)9-11)20-10(2)3;/h6-7,9-10H,5,8,17H2,1-4H3,(H,18,19);1H. The number of halogens is 2. The van der Waals surface area contributed by atoms with Crippen LogP contribution in [0.1, 0.15) is 40.5 Å². The van der Waals surface area contributed by atoms with Crippen LogP contribution in [-0.4, -0.2) is 17.6 Å². The molecule has 0 aliphatic carbocycles. The summed E-state index contributed by atoms with van der Waals surface area (Å²) in [6, 6.07) is 5.16. The van der Waals surface area contributed by atoms with Crippen LogP contribution in [0.2, 0.25) is 5.02 Å². The molecule has 0 spiro atoms. The molecule has 120 valence electrons. The van der Waals surface area contributed by atoms with Crippen molar-refractivity contribution in [1.29, 1.82) is 0 Å². The molecule has 6 heteroatoms. The maximum atomic E-state index is 12.1. The van der Waals surface area contributed by atoms with Crippen LogP contribution in [0.15, 0.2) is 18.2 Å². The van der Waals surface area contributed by atoms with E-state index in [2.05, 4.69) is 5.32 Å². The number of carbonyl (C=O) groups excluding carboxylic acids is 1. The highest BCUT2D eigenvalue weighted by molar-refractivity contribution is 6.32. The number of nitrogens with one attached hydrogen (secondary N) is 1. The first-order chi connectivity index (χ1) is 9.26. The number of benzene rings is 1. The quantitative estimate of drug-likeness (QED) is 0.826. The van der Waals surface area contributed by atoms with Crippen LogP contribution in [0.5, 0.6) is 5.75 Å². The first-order valence-electron chi connectivity index (χ1n) is 6.83. The van der Waals surface area contributed by atoms with Gasteiger partial charge in [0.15, 0.2) is 0 Å². The van der Waals surface area contributed by atoms with Gasteiger partial charge in [0.25, 0.3) is 0 Å². The molecule has 4 nitrogen and oxygen atoms in total. The van der Waals surface area contributed by atoms with E-state index in [-0.39, 0.29) is 24.4 Å². The van der Waals surface area contributed by atoms with Crippen LogP contribution >= 0.6 is 24.0 Å². The fourth-order valence-electron chi connectivity index (χ4n) is 1.83. The highest BCUT2D eigenvalue weighted by atomic mass is 35.5. The highest BCUT2D eigenvalue weighted by Crippen LogP contribution is 2.28. The minimum absolute atomic E-state index is 0. The van der Waals surface area contributed by atoms with Gasteiger partial charge in [-0.1, -0.05) is 24.9 Å². The summed E-state index contributed by atoms with van der Waals surface area (Å²) in [4.78, 5) is 12.1. The lowest BCUT2D eigenvalue weighted by Gasteiger charge is -2.23. The van der Waals surface area contributed by atoms with Gasteiger partial charge in [0.1, 0.15) is 5.75 Å². The Labute approximate surface area is 137 Å². The number of carbonyl (C=O) groups is 1. The van der Waals surface area contributed by atoms with Crippen LogP contribution in [0.3, 0.4) is 0 Å². The summed E-state index contributed by atoms with van der Waals surface area (Å²) in [6.45, 7) is 7.57. The predicted molar refractivity (Wildman–Crippen MR) is 90.6 cm³/mol. The van der Waals surface area contributed by atoms with E-state index >= 15 is 0 Å². The van der Waals surface area contributed by atoms with Gasteiger partial charge in [-0.05, 0) is 45.4 Å². The Morgan fingerprint density at radius 2 is 2.10 bits per heavy atom. The maximum Gasteiger partial charge on any atom is 0.244 e. The van der Waals surface area contributed by atoms with Crippen molar-refractivity contribution >= 4 is 35.6 Å². The van der Waals surface area contributed by atoms with E-state index in [0.29, 0.717) is 22.9 Å². The molecule has 0 fully saturated rings. The van der Waals surface area contributed by atoms with Gasteiger partial charge in [-0.2, -0.15) is 0 Å². The average Bonchev–Trinajstić information content (AvgIpc) is 2.32. The Balaban J connectivity index is 0.00000400. The molecule has 21 heavy (non-hydrogen) atoms. The molecule has 0 saturated carbocycles. The zero-order valence-corrected chi connectivity index (χ0v) is 14.5. The number of hydrogen-bond acceptors (Lipinski definition) is 3. The van der Waals surface area contributed by atoms with Gasteiger partial charge in [0.2, 0.25) is 5.91 Å². The average molecular weight is 335 g/mol. The summed E-state index contributed by atoms with van der Waals surface area (Å²) in [5.74, 6) is 0.386.